The fraction of sp³-hybridized carbons (Fsp3) is 0.0385. The molecule has 1 nitrogen and oxygen atoms in total. The van der Waals surface area contributed by atoms with Crippen molar-refractivity contribution in [1.82, 2.24) is 0 Å². The third-order valence-electron chi connectivity index (χ3n) is 4.60. The van der Waals surface area contributed by atoms with Crippen molar-refractivity contribution in [3.63, 3.8) is 0 Å². The van der Waals surface area contributed by atoms with Crippen molar-refractivity contribution >= 4 is 62.4 Å². The van der Waals surface area contributed by atoms with Crippen molar-refractivity contribution in [3.8, 4) is 0 Å². The van der Waals surface area contributed by atoms with E-state index in [0.717, 1.165) is 5.69 Å². The Bertz CT molecular complexity index is 932. The maximum absolute atomic E-state index is 4.84. The van der Waals surface area contributed by atoms with Crippen molar-refractivity contribution < 1.29 is 0 Å². The zero-order valence-corrected chi connectivity index (χ0v) is 20.5. The molecule has 0 bridgehead atoms. The molecule has 4 heteroatoms. The van der Waals surface area contributed by atoms with Gasteiger partial charge in [-0.25, -0.2) is 0 Å². The molecule has 0 aliphatic heterocycles. The van der Waals surface area contributed by atoms with E-state index in [1.165, 1.54) is 13.2 Å². The summed E-state index contributed by atoms with van der Waals surface area (Å²) in [5, 5.41) is 0. The van der Waals surface area contributed by atoms with Crippen LogP contribution in [0.4, 0.5) is 5.69 Å². The van der Waals surface area contributed by atoms with Crippen LogP contribution in [0.2, 0.25) is 0 Å². The number of para-hydroxylation sites is 1. The van der Waals surface area contributed by atoms with Crippen molar-refractivity contribution in [2.75, 3.05) is 11.9 Å². The quantitative estimate of drug-likeness (QED) is 0.243. The van der Waals surface area contributed by atoms with Crippen LogP contribution in [0, 0.1) is 0 Å². The number of nitrogens with zero attached hydrogens (tertiary/aromatic N) is 1. The van der Waals surface area contributed by atoms with E-state index < -0.39 is 14.3 Å². The third-order valence-corrected chi connectivity index (χ3v) is 10.9. The molecule has 0 aliphatic carbocycles. The number of anilines is 1. The van der Waals surface area contributed by atoms with E-state index in [4.69, 9.17) is 24.8 Å². The van der Waals surface area contributed by atoms with Gasteiger partial charge in [-0.1, -0.05) is 22.5 Å². The first-order valence-electron chi connectivity index (χ1n) is 9.70. The second-order valence-corrected chi connectivity index (χ2v) is 12.9. The predicted molar refractivity (Wildman–Crippen MR) is 139 cm³/mol. The summed E-state index contributed by atoms with van der Waals surface area (Å²) in [7, 11) is 1.87. The Morgan fingerprint density at radius 2 is 0.900 bits per heavy atom. The third kappa shape index (κ3) is 6.26. The fourth-order valence-corrected chi connectivity index (χ4v) is 8.69. The Kier molecular flexibility index (Phi) is 8.63. The van der Waals surface area contributed by atoms with Gasteiger partial charge in [-0.3, -0.25) is 0 Å². The summed E-state index contributed by atoms with van der Waals surface area (Å²) in [6, 6.07) is 42.6. The number of rotatable bonds is 4. The molecule has 4 aromatic carbocycles. The van der Waals surface area contributed by atoms with E-state index in [1.54, 1.807) is 4.90 Å². The Balaban J connectivity index is 0.000000199. The summed E-state index contributed by atoms with van der Waals surface area (Å²) in [4.78, 5) is 1.80. The molecule has 1 radical (unpaired) electrons. The molecular weight excluding hydrogens is 463 g/mol. The van der Waals surface area contributed by atoms with Crippen LogP contribution in [0.1, 0.15) is 0 Å². The van der Waals surface area contributed by atoms with E-state index in [2.05, 4.69) is 91.0 Å². The molecule has 0 N–H and O–H groups in total. The van der Waals surface area contributed by atoms with Gasteiger partial charge in [0.2, 0.25) is 0 Å². The van der Waals surface area contributed by atoms with Crippen molar-refractivity contribution in [2.45, 2.75) is 0 Å². The Labute approximate surface area is 194 Å². The van der Waals surface area contributed by atoms with E-state index in [0.29, 0.717) is 4.32 Å². The SMILES string of the molecule is CN(C(=S)[S-])c1ccccc1.c1cc[c]([Ge]([c]2ccccc2)[c]2ccccc2)cc1. The van der Waals surface area contributed by atoms with E-state index in [-0.39, 0.29) is 0 Å². The summed E-state index contributed by atoms with van der Waals surface area (Å²) in [6.45, 7) is 0. The second kappa shape index (κ2) is 11.6. The first-order valence-corrected chi connectivity index (χ1v) is 13.7. The predicted octanol–water partition coefficient (Wildman–Crippen LogP) is 4.16. The number of thiocarbonyl (C=S) groups is 1. The summed E-state index contributed by atoms with van der Waals surface area (Å²) in [5.74, 6) is 0. The van der Waals surface area contributed by atoms with E-state index >= 15 is 0 Å². The first-order chi connectivity index (χ1) is 14.7. The van der Waals surface area contributed by atoms with E-state index in [9.17, 15) is 0 Å². The van der Waals surface area contributed by atoms with Crippen LogP contribution in [0.5, 0.6) is 0 Å². The average molecular weight is 486 g/mol. The molecule has 4 rings (SSSR count). The van der Waals surface area contributed by atoms with Crippen LogP contribution >= 0.6 is 12.2 Å². The van der Waals surface area contributed by atoms with Gasteiger partial charge in [-0.05, 0) is 12.1 Å². The van der Waals surface area contributed by atoms with Gasteiger partial charge in [0.15, 0.2) is 0 Å². The Morgan fingerprint density at radius 3 is 1.20 bits per heavy atom. The molecular formula is C26H23GeNS2-. The normalized spacial score (nSPS) is 10.1. The van der Waals surface area contributed by atoms with E-state index in [1.807, 2.05) is 37.4 Å². The minimum atomic E-state index is -1.63. The van der Waals surface area contributed by atoms with Crippen LogP contribution in [0.15, 0.2) is 121 Å². The van der Waals surface area contributed by atoms with Crippen molar-refractivity contribution in [1.29, 1.82) is 0 Å². The Morgan fingerprint density at radius 1 is 0.600 bits per heavy atom. The summed E-state index contributed by atoms with van der Waals surface area (Å²) >= 11 is 8.05. The van der Waals surface area contributed by atoms with Gasteiger partial charge in [0.05, 0.1) is 0 Å². The molecule has 30 heavy (non-hydrogen) atoms. The monoisotopic (exact) mass is 487 g/mol. The average Bonchev–Trinajstić information content (AvgIpc) is 2.82. The van der Waals surface area contributed by atoms with Gasteiger partial charge in [0.1, 0.15) is 0 Å². The van der Waals surface area contributed by atoms with Gasteiger partial charge >= 0.3 is 119 Å². The second-order valence-electron chi connectivity index (χ2n) is 6.63. The molecule has 0 atom stereocenters. The Hall–Kier alpha value is -2.47. The minimum absolute atomic E-state index is 0.469. The molecule has 0 spiro atoms. The van der Waals surface area contributed by atoms with Gasteiger partial charge in [-0.15, -0.1) is 0 Å². The summed E-state index contributed by atoms with van der Waals surface area (Å²) in [6.07, 6.45) is 0. The number of benzene rings is 4. The van der Waals surface area contributed by atoms with Crippen molar-refractivity contribution in [3.05, 3.63) is 121 Å². The summed E-state index contributed by atoms with van der Waals surface area (Å²) < 4.78 is 4.97. The van der Waals surface area contributed by atoms with Gasteiger partial charge in [0.25, 0.3) is 0 Å². The van der Waals surface area contributed by atoms with Crippen molar-refractivity contribution in [2.24, 2.45) is 0 Å². The topological polar surface area (TPSA) is 3.24 Å². The number of hydrogen-bond donors (Lipinski definition) is 0. The van der Waals surface area contributed by atoms with Crippen LogP contribution < -0.4 is 18.1 Å². The molecule has 0 aliphatic rings. The van der Waals surface area contributed by atoms with Crippen LogP contribution in [0.25, 0.3) is 0 Å². The van der Waals surface area contributed by atoms with Gasteiger partial charge in [-0.2, -0.15) is 0 Å². The van der Waals surface area contributed by atoms with Crippen LogP contribution in [-0.4, -0.2) is 25.7 Å². The van der Waals surface area contributed by atoms with Crippen LogP contribution in [-0.2, 0) is 12.6 Å². The maximum atomic E-state index is 4.84. The zero-order valence-electron chi connectivity index (χ0n) is 16.8. The molecule has 0 saturated carbocycles. The molecule has 0 unspecified atom stereocenters. The number of hydrogen-bond acceptors (Lipinski definition) is 2. The standard InChI is InChI=1S/C18H15Ge.C8H9NS2/c1-4-10-16(11-5-1)19(17-12-6-2-7-13-17)18-14-8-3-9-15-18;1-9(8(10)11)7-5-3-2-4-6-7/h1-15H;2-6H,1H3,(H,10,11)/p-1. The zero-order chi connectivity index (χ0) is 21.2. The molecule has 0 heterocycles. The van der Waals surface area contributed by atoms with Gasteiger partial charge in [0, 0.05) is 12.7 Å². The fourth-order valence-electron chi connectivity index (χ4n) is 3.07. The molecule has 0 saturated heterocycles. The van der Waals surface area contributed by atoms with Crippen LogP contribution in [0.3, 0.4) is 0 Å². The molecule has 0 fully saturated rings. The summed E-state index contributed by atoms with van der Waals surface area (Å²) in [5.41, 5.74) is 1.03. The molecule has 149 valence electrons. The van der Waals surface area contributed by atoms with Gasteiger partial charge < -0.3 is 29.7 Å². The first kappa shape index (κ1) is 22.2. The molecule has 4 aromatic rings. The molecule has 0 aromatic heterocycles. The molecule has 0 amide bonds.